The van der Waals surface area contributed by atoms with Crippen LogP contribution >= 0.6 is 0 Å². The van der Waals surface area contributed by atoms with E-state index in [2.05, 4.69) is 31.0 Å². The van der Waals surface area contributed by atoms with E-state index < -0.39 is 0 Å². The summed E-state index contributed by atoms with van der Waals surface area (Å²) in [6.45, 7) is 10.7. The third-order valence-corrected chi connectivity index (χ3v) is 4.62. The Morgan fingerprint density at radius 1 is 1.41 bits per heavy atom. The fraction of sp³-hybridized carbons (Fsp3) is 1.00. The van der Waals surface area contributed by atoms with Crippen molar-refractivity contribution < 1.29 is 5.11 Å². The number of rotatable bonds is 4. The van der Waals surface area contributed by atoms with Gasteiger partial charge in [-0.2, -0.15) is 0 Å². The highest BCUT2D eigenvalue weighted by atomic mass is 16.3. The lowest BCUT2D eigenvalue weighted by atomic mass is 9.88. The van der Waals surface area contributed by atoms with Gasteiger partial charge in [0.25, 0.3) is 0 Å². The zero-order chi connectivity index (χ0) is 12.5. The maximum Gasteiger partial charge on any atom is 0.0610 e. The lowest BCUT2D eigenvalue weighted by molar-refractivity contribution is 0.187. The van der Waals surface area contributed by atoms with Gasteiger partial charge in [0.15, 0.2) is 0 Å². The molecule has 2 fully saturated rings. The second-order valence-electron chi connectivity index (χ2n) is 6.65. The Bertz CT molecular complexity index is 257. The van der Waals surface area contributed by atoms with E-state index in [1.165, 1.54) is 25.9 Å². The van der Waals surface area contributed by atoms with Crippen molar-refractivity contribution in [1.29, 1.82) is 0 Å². The Balaban J connectivity index is 1.76. The van der Waals surface area contributed by atoms with Gasteiger partial charge < -0.3 is 15.3 Å². The Labute approximate surface area is 106 Å². The van der Waals surface area contributed by atoms with Crippen molar-refractivity contribution in [2.45, 2.75) is 51.6 Å². The summed E-state index contributed by atoms with van der Waals surface area (Å²) in [6.07, 6.45) is 3.85. The summed E-state index contributed by atoms with van der Waals surface area (Å²) in [5.41, 5.74) is -0.0129. The predicted molar refractivity (Wildman–Crippen MR) is 71.0 cm³/mol. The van der Waals surface area contributed by atoms with Crippen molar-refractivity contribution in [2.24, 2.45) is 11.8 Å². The third kappa shape index (κ3) is 3.21. The van der Waals surface area contributed by atoms with E-state index in [1.54, 1.807) is 0 Å². The fourth-order valence-corrected chi connectivity index (χ4v) is 3.45. The van der Waals surface area contributed by atoms with Crippen LogP contribution in [0, 0.1) is 11.8 Å². The molecule has 2 N–H and O–H groups in total. The summed E-state index contributed by atoms with van der Waals surface area (Å²) in [5, 5.41) is 12.8. The molecule has 100 valence electrons. The molecule has 2 heterocycles. The maximum atomic E-state index is 9.35. The molecular weight excluding hydrogens is 212 g/mol. The summed E-state index contributed by atoms with van der Waals surface area (Å²) < 4.78 is 0. The van der Waals surface area contributed by atoms with Crippen molar-refractivity contribution in [3.8, 4) is 0 Å². The molecule has 0 aromatic carbocycles. The van der Waals surface area contributed by atoms with Gasteiger partial charge in [0.2, 0.25) is 0 Å². The second kappa shape index (κ2) is 5.25. The number of likely N-dealkylation sites (tertiary alicyclic amines) is 1. The summed E-state index contributed by atoms with van der Waals surface area (Å²) in [4.78, 5) is 2.60. The van der Waals surface area contributed by atoms with Crippen LogP contribution in [0.1, 0.15) is 40.0 Å². The largest absolute Gasteiger partial charge is 0.394 e. The minimum absolute atomic E-state index is 0.0129. The van der Waals surface area contributed by atoms with Crippen LogP contribution in [-0.4, -0.2) is 47.8 Å². The first-order chi connectivity index (χ1) is 8.02. The van der Waals surface area contributed by atoms with Crippen LogP contribution in [0.25, 0.3) is 0 Å². The monoisotopic (exact) mass is 240 g/mol. The van der Waals surface area contributed by atoms with Crippen LogP contribution in [0.15, 0.2) is 0 Å². The third-order valence-electron chi connectivity index (χ3n) is 4.62. The topological polar surface area (TPSA) is 35.5 Å². The molecule has 0 aromatic heterocycles. The molecule has 2 saturated heterocycles. The Kier molecular flexibility index (Phi) is 4.11. The number of aliphatic hydroxyl groups excluding tert-OH is 1. The minimum atomic E-state index is -0.0129. The molecule has 0 spiro atoms. The van der Waals surface area contributed by atoms with Crippen molar-refractivity contribution in [3.63, 3.8) is 0 Å². The van der Waals surface area contributed by atoms with Gasteiger partial charge in [-0.15, -0.1) is 0 Å². The molecule has 3 heteroatoms. The Hall–Kier alpha value is -0.120. The number of nitrogens with one attached hydrogen (secondary N) is 1. The van der Waals surface area contributed by atoms with Crippen LogP contribution in [0.4, 0.5) is 0 Å². The van der Waals surface area contributed by atoms with Crippen molar-refractivity contribution in [1.82, 2.24) is 10.2 Å². The van der Waals surface area contributed by atoms with Gasteiger partial charge in [-0.05, 0) is 65.0 Å². The van der Waals surface area contributed by atoms with Crippen molar-refractivity contribution in [2.75, 3.05) is 26.2 Å². The van der Waals surface area contributed by atoms with Gasteiger partial charge in [-0.3, -0.25) is 0 Å². The van der Waals surface area contributed by atoms with Crippen LogP contribution in [0.3, 0.4) is 0 Å². The highest BCUT2D eigenvalue weighted by Gasteiger charge is 2.36. The number of aliphatic hydroxyl groups is 1. The van der Waals surface area contributed by atoms with Crippen LogP contribution in [-0.2, 0) is 0 Å². The highest BCUT2D eigenvalue weighted by molar-refractivity contribution is 4.94. The molecule has 17 heavy (non-hydrogen) atoms. The summed E-state index contributed by atoms with van der Waals surface area (Å²) in [6, 6.07) is 0.699. The molecule has 0 radical (unpaired) electrons. The lowest BCUT2D eigenvalue weighted by Gasteiger charge is -2.22. The second-order valence-corrected chi connectivity index (χ2v) is 6.65. The zero-order valence-corrected chi connectivity index (χ0v) is 11.6. The molecule has 0 saturated carbocycles. The van der Waals surface area contributed by atoms with Gasteiger partial charge in [0, 0.05) is 18.1 Å². The molecular formula is C14H28N2O. The highest BCUT2D eigenvalue weighted by Crippen LogP contribution is 2.32. The van der Waals surface area contributed by atoms with E-state index in [0.717, 1.165) is 24.8 Å². The predicted octanol–water partition coefficient (Wildman–Crippen LogP) is 1.47. The number of hydrogen-bond acceptors (Lipinski definition) is 3. The Morgan fingerprint density at radius 2 is 2.18 bits per heavy atom. The molecule has 2 rings (SSSR count). The first kappa shape index (κ1) is 13.3. The summed E-state index contributed by atoms with van der Waals surface area (Å²) in [5.74, 6) is 1.65. The molecule has 3 atom stereocenters. The molecule has 3 unspecified atom stereocenters. The maximum absolute atomic E-state index is 9.35. The van der Waals surface area contributed by atoms with Crippen LogP contribution in [0.2, 0.25) is 0 Å². The average Bonchev–Trinajstić information content (AvgIpc) is 2.87. The molecule has 0 amide bonds. The van der Waals surface area contributed by atoms with E-state index in [4.69, 9.17) is 0 Å². The summed E-state index contributed by atoms with van der Waals surface area (Å²) in [7, 11) is 0. The van der Waals surface area contributed by atoms with Crippen molar-refractivity contribution >= 4 is 0 Å². The van der Waals surface area contributed by atoms with Crippen molar-refractivity contribution in [3.05, 3.63) is 0 Å². The van der Waals surface area contributed by atoms with Gasteiger partial charge >= 0.3 is 0 Å². The van der Waals surface area contributed by atoms with E-state index in [1.807, 2.05) is 0 Å². The lowest BCUT2D eigenvalue weighted by Crippen LogP contribution is -2.39. The van der Waals surface area contributed by atoms with Crippen LogP contribution in [0.5, 0.6) is 0 Å². The standard InChI is InChI=1S/C14H28N2O/c1-11(2)16-5-4-12(9-16)6-13-7-14(3,10-17)15-8-13/h11-13,15,17H,4-10H2,1-3H3. The van der Waals surface area contributed by atoms with Gasteiger partial charge in [-0.25, -0.2) is 0 Å². The minimum Gasteiger partial charge on any atom is -0.394 e. The Morgan fingerprint density at radius 3 is 2.71 bits per heavy atom. The average molecular weight is 240 g/mol. The first-order valence-electron chi connectivity index (χ1n) is 7.12. The normalized spacial score (nSPS) is 39.4. The molecule has 0 bridgehead atoms. The SMILES string of the molecule is CC(C)N1CCC(CC2CNC(C)(CO)C2)C1. The van der Waals surface area contributed by atoms with E-state index in [0.29, 0.717) is 6.04 Å². The van der Waals surface area contributed by atoms with Crippen LogP contribution < -0.4 is 5.32 Å². The van der Waals surface area contributed by atoms with E-state index >= 15 is 0 Å². The van der Waals surface area contributed by atoms with E-state index in [-0.39, 0.29) is 12.1 Å². The van der Waals surface area contributed by atoms with Gasteiger partial charge in [0.05, 0.1) is 6.61 Å². The van der Waals surface area contributed by atoms with Gasteiger partial charge in [-0.1, -0.05) is 0 Å². The molecule has 3 nitrogen and oxygen atoms in total. The first-order valence-corrected chi connectivity index (χ1v) is 7.12. The molecule has 0 aliphatic carbocycles. The van der Waals surface area contributed by atoms with Gasteiger partial charge in [0.1, 0.15) is 0 Å². The summed E-state index contributed by atoms with van der Waals surface area (Å²) >= 11 is 0. The molecule has 0 aromatic rings. The quantitative estimate of drug-likeness (QED) is 0.781. The number of nitrogens with zero attached hydrogens (tertiary/aromatic N) is 1. The molecule has 2 aliphatic rings. The van der Waals surface area contributed by atoms with E-state index in [9.17, 15) is 5.11 Å². The molecule has 2 aliphatic heterocycles. The zero-order valence-electron chi connectivity index (χ0n) is 11.6. The fourth-order valence-electron chi connectivity index (χ4n) is 3.45. The smallest absolute Gasteiger partial charge is 0.0610 e. The number of hydrogen-bond donors (Lipinski definition) is 2.